The molecule has 3 rings (SSSR count). The molecular weight excluding hydrogens is 207 g/mol. The molecule has 0 amide bonds. The Labute approximate surface area is 93.9 Å². The number of halogens is 1. The van der Waals surface area contributed by atoms with E-state index in [2.05, 4.69) is 4.98 Å². The molecule has 1 saturated carbocycles. The van der Waals surface area contributed by atoms with E-state index < -0.39 is 0 Å². The van der Waals surface area contributed by atoms with Gasteiger partial charge >= 0.3 is 0 Å². The van der Waals surface area contributed by atoms with Gasteiger partial charge in [0, 0.05) is 25.2 Å². The second kappa shape index (κ2) is 3.70. The average molecular weight is 222 g/mol. The Morgan fingerprint density at radius 2 is 2.25 bits per heavy atom. The summed E-state index contributed by atoms with van der Waals surface area (Å²) in [5.74, 6) is 0.985. The number of rotatable bonds is 1. The van der Waals surface area contributed by atoms with Crippen LogP contribution in [0, 0.1) is 17.7 Å². The SMILES string of the molecule is OC1CCC2CN(c3ncccc3F)CC12. The molecule has 0 aromatic carbocycles. The molecule has 4 heteroatoms. The Hall–Kier alpha value is -1.16. The van der Waals surface area contributed by atoms with Crippen molar-refractivity contribution in [3.63, 3.8) is 0 Å². The van der Waals surface area contributed by atoms with Gasteiger partial charge in [0.05, 0.1) is 6.10 Å². The largest absolute Gasteiger partial charge is 0.393 e. The second-order valence-corrected chi connectivity index (χ2v) is 4.78. The number of fused-ring (bicyclic) bond motifs is 1. The van der Waals surface area contributed by atoms with Crippen LogP contribution in [-0.2, 0) is 0 Å². The van der Waals surface area contributed by atoms with Crippen molar-refractivity contribution in [2.75, 3.05) is 18.0 Å². The van der Waals surface area contributed by atoms with E-state index in [1.54, 1.807) is 12.3 Å². The predicted molar refractivity (Wildman–Crippen MR) is 58.6 cm³/mol. The van der Waals surface area contributed by atoms with Gasteiger partial charge in [0.15, 0.2) is 11.6 Å². The number of hydrogen-bond acceptors (Lipinski definition) is 3. The summed E-state index contributed by atoms with van der Waals surface area (Å²) < 4.78 is 13.5. The third-order valence-electron chi connectivity index (χ3n) is 3.86. The van der Waals surface area contributed by atoms with Crippen LogP contribution in [-0.4, -0.2) is 29.3 Å². The molecule has 1 aliphatic carbocycles. The third kappa shape index (κ3) is 1.48. The topological polar surface area (TPSA) is 36.4 Å². The number of aliphatic hydroxyl groups is 1. The molecule has 3 atom stereocenters. The minimum absolute atomic E-state index is 0.207. The summed E-state index contributed by atoms with van der Waals surface area (Å²) in [6.45, 7) is 1.56. The maximum absolute atomic E-state index is 13.5. The fourth-order valence-electron chi connectivity index (χ4n) is 3.02. The minimum Gasteiger partial charge on any atom is -0.393 e. The summed E-state index contributed by atoms with van der Waals surface area (Å²) in [6, 6.07) is 3.04. The van der Waals surface area contributed by atoms with Gasteiger partial charge in [0.2, 0.25) is 0 Å². The van der Waals surface area contributed by atoms with Crippen molar-refractivity contribution in [3.8, 4) is 0 Å². The van der Waals surface area contributed by atoms with Crippen molar-refractivity contribution in [3.05, 3.63) is 24.1 Å². The quantitative estimate of drug-likeness (QED) is 0.781. The summed E-state index contributed by atoms with van der Waals surface area (Å²) in [6.07, 6.45) is 3.36. The van der Waals surface area contributed by atoms with Crippen molar-refractivity contribution in [1.29, 1.82) is 0 Å². The van der Waals surface area contributed by atoms with E-state index in [4.69, 9.17) is 0 Å². The second-order valence-electron chi connectivity index (χ2n) is 4.78. The molecule has 2 fully saturated rings. The van der Waals surface area contributed by atoms with Crippen molar-refractivity contribution >= 4 is 5.82 Å². The molecule has 1 saturated heterocycles. The van der Waals surface area contributed by atoms with E-state index in [0.717, 1.165) is 25.9 Å². The number of hydrogen-bond donors (Lipinski definition) is 1. The Kier molecular flexibility index (Phi) is 2.32. The van der Waals surface area contributed by atoms with Crippen molar-refractivity contribution in [2.24, 2.45) is 11.8 Å². The molecule has 16 heavy (non-hydrogen) atoms. The monoisotopic (exact) mass is 222 g/mol. The van der Waals surface area contributed by atoms with E-state index >= 15 is 0 Å². The Balaban J connectivity index is 1.82. The van der Waals surface area contributed by atoms with E-state index in [1.165, 1.54) is 6.07 Å². The lowest BCUT2D eigenvalue weighted by atomic mass is 10.00. The standard InChI is InChI=1S/C12H15FN2O/c13-10-2-1-5-14-12(10)15-6-8-3-4-11(16)9(8)7-15/h1-2,5,8-9,11,16H,3-4,6-7H2. The zero-order chi connectivity index (χ0) is 11.1. The highest BCUT2D eigenvalue weighted by Gasteiger charge is 2.42. The first-order valence-electron chi connectivity index (χ1n) is 5.79. The lowest BCUT2D eigenvalue weighted by Crippen LogP contribution is -2.25. The summed E-state index contributed by atoms with van der Waals surface area (Å²) in [7, 11) is 0. The van der Waals surface area contributed by atoms with E-state index in [9.17, 15) is 9.50 Å². The number of aliphatic hydroxyl groups excluding tert-OH is 1. The third-order valence-corrected chi connectivity index (χ3v) is 3.86. The number of aromatic nitrogens is 1. The smallest absolute Gasteiger partial charge is 0.165 e. The highest BCUT2D eigenvalue weighted by atomic mass is 19.1. The van der Waals surface area contributed by atoms with Gasteiger partial charge in [-0.2, -0.15) is 0 Å². The predicted octanol–water partition coefficient (Wildman–Crippen LogP) is 1.43. The maximum Gasteiger partial charge on any atom is 0.165 e. The van der Waals surface area contributed by atoms with Gasteiger partial charge in [-0.05, 0) is 30.9 Å². The van der Waals surface area contributed by atoms with Crippen molar-refractivity contribution < 1.29 is 9.50 Å². The van der Waals surface area contributed by atoms with Gasteiger partial charge in [-0.25, -0.2) is 9.37 Å². The summed E-state index contributed by atoms with van der Waals surface area (Å²) in [5.41, 5.74) is 0. The molecule has 0 spiro atoms. The molecule has 1 N–H and O–H groups in total. The number of anilines is 1. The van der Waals surface area contributed by atoms with Gasteiger partial charge in [0.25, 0.3) is 0 Å². The minimum atomic E-state index is -0.267. The molecule has 3 nitrogen and oxygen atoms in total. The first-order valence-corrected chi connectivity index (χ1v) is 5.79. The average Bonchev–Trinajstić information content (AvgIpc) is 2.82. The number of pyridine rings is 1. The molecule has 1 aromatic rings. The first-order chi connectivity index (χ1) is 7.75. The highest BCUT2D eigenvalue weighted by Crippen LogP contribution is 2.39. The van der Waals surface area contributed by atoms with Crippen LogP contribution >= 0.6 is 0 Å². The van der Waals surface area contributed by atoms with E-state index in [-0.39, 0.29) is 11.9 Å². The molecule has 2 heterocycles. The van der Waals surface area contributed by atoms with Gasteiger partial charge in [0.1, 0.15) is 0 Å². The van der Waals surface area contributed by atoms with Gasteiger partial charge in [-0.3, -0.25) is 0 Å². The van der Waals surface area contributed by atoms with Crippen molar-refractivity contribution in [2.45, 2.75) is 18.9 Å². The highest BCUT2D eigenvalue weighted by molar-refractivity contribution is 5.41. The zero-order valence-corrected chi connectivity index (χ0v) is 9.01. The van der Waals surface area contributed by atoms with Crippen molar-refractivity contribution in [1.82, 2.24) is 4.98 Å². The molecule has 1 aromatic heterocycles. The van der Waals surface area contributed by atoms with Crippen LogP contribution in [0.1, 0.15) is 12.8 Å². The summed E-state index contributed by atoms with van der Waals surface area (Å²) >= 11 is 0. The molecule has 2 aliphatic rings. The molecule has 0 bridgehead atoms. The van der Waals surface area contributed by atoms with Crippen LogP contribution < -0.4 is 4.90 Å². The Bertz CT molecular complexity index is 398. The molecule has 1 aliphatic heterocycles. The van der Waals surface area contributed by atoms with Crippen LogP contribution in [0.25, 0.3) is 0 Å². The fraction of sp³-hybridized carbons (Fsp3) is 0.583. The lowest BCUT2D eigenvalue weighted by Gasteiger charge is -2.19. The van der Waals surface area contributed by atoms with Crippen LogP contribution in [0.2, 0.25) is 0 Å². The van der Waals surface area contributed by atoms with Gasteiger partial charge < -0.3 is 10.0 Å². The summed E-state index contributed by atoms with van der Waals surface area (Å²) in [5, 5.41) is 9.79. The van der Waals surface area contributed by atoms with Crippen LogP contribution in [0.3, 0.4) is 0 Å². The Morgan fingerprint density at radius 3 is 3.00 bits per heavy atom. The van der Waals surface area contributed by atoms with Crippen LogP contribution in [0.5, 0.6) is 0 Å². The maximum atomic E-state index is 13.5. The first kappa shape index (κ1) is 10.0. The van der Waals surface area contributed by atoms with Gasteiger partial charge in [-0.15, -0.1) is 0 Å². The van der Waals surface area contributed by atoms with E-state index in [1.807, 2.05) is 4.90 Å². The van der Waals surface area contributed by atoms with Crippen LogP contribution in [0.4, 0.5) is 10.2 Å². The van der Waals surface area contributed by atoms with Crippen LogP contribution in [0.15, 0.2) is 18.3 Å². The lowest BCUT2D eigenvalue weighted by molar-refractivity contribution is 0.133. The molecule has 3 unspecified atom stereocenters. The molecule has 86 valence electrons. The zero-order valence-electron chi connectivity index (χ0n) is 9.01. The number of nitrogens with zero attached hydrogens (tertiary/aromatic N) is 2. The normalized spacial score (nSPS) is 33.1. The Morgan fingerprint density at radius 1 is 1.38 bits per heavy atom. The summed E-state index contributed by atoms with van der Waals surface area (Å²) in [4.78, 5) is 6.05. The van der Waals surface area contributed by atoms with E-state index in [0.29, 0.717) is 17.7 Å². The molecule has 0 radical (unpaired) electrons. The fourth-order valence-corrected chi connectivity index (χ4v) is 3.02. The molecular formula is C12H15FN2O. The van der Waals surface area contributed by atoms with Gasteiger partial charge in [-0.1, -0.05) is 0 Å².